The first-order chi connectivity index (χ1) is 6.74. The summed E-state index contributed by atoms with van der Waals surface area (Å²) in [5.74, 6) is -0.516. The second-order valence-electron chi connectivity index (χ2n) is 3.07. The molecule has 0 aromatic heterocycles. The van der Waals surface area contributed by atoms with Crippen LogP contribution in [0.1, 0.15) is 30.1 Å². The summed E-state index contributed by atoms with van der Waals surface area (Å²) < 4.78 is 12.7. The van der Waals surface area contributed by atoms with E-state index >= 15 is 0 Å². The zero-order chi connectivity index (χ0) is 10.4. The van der Waals surface area contributed by atoms with Crippen LogP contribution in [0.2, 0.25) is 0 Å². The van der Waals surface area contributed by atoms with Gasteiger partial charge in [0.15, 0.2) is 5.78 Å². The van der Waals surface area contributed by atoms with E-state index in [-0.39, 0.29) is 11.6 Å². The van der Waals surface area contributed by atoms with Gasteiger partial charge in [0.1, 0.15) is 5.82 Å². The highest BCUT2D eigenvalue weighted by Crippen LogP contribution is 2.05. The van der Waals surface area contributed by atoms with Gasteiger partial charge in [0.2, 0.25) is 0 Å². The molecule has 1 nitrogen and oxygen atoms in total. The number of hydrogen-bond acceptors (Lipinski definition) is 1. The lowest BCUT2D eigenvalue weighted by Gasteiger charge is -1.94. The minimum Gasteiger partial charge on any atom is -0.289 e. The minimum absolute atomic E-state index is 0.141. The number of hydrogen-bond donors (Lipinski definition) is 0. The number of benzene rings is 1. The SMILES string of the molecule is CCC/C=C/C(=O)c1cccc(F)c1. The molecule has 1 rings (SSSR count). The number of unbranched alkanes of at least 4 members (excludes halogenated alkanes) is 1. The van der Waals surface area contributed by atoms with Gasteiger partial charge in [-0.2, -0.15) is 0 Å². The zero-order valence-corrected chi connectivity index (χ0v) is 8.16. The molecule has 14 heavy (non-hydrogen) atoms. The van der Waals surface area contributed by atoms with E-state index in [1.54, 1.807) is 6.07 Å². The summed E-state index contributed by atoms with van der Waals surface area (Å²) in [6.45, 7) is 2.04. The number of ketones is 1. The second kappa shape index (κ2) is 5.32. The van der Waals surface area contributed by atoms with Crippen LogP contribution in [0.4, 0.5) is 4.39 Å². The van der Waals surface area contributed by atoms with Gasteiger partial charge in [0.25, 0.3) is 0 Å². The van der Waals surface area contributed by atoms with Crippen molar-refractivity contribution in [3.8, 4) is 0 Å². The Morgan fingerprint density at radius 2 is 2.29 bits per heavy atom. The summed E-state index contributed by atoms with van der Waals surface area (Å²) in [6.07, 6.45) is 5.19. The fraction of sp³-hybridized carbons (Fsp3) is 0.250. The molecule has 0 saturated heterocycles. The van der Waals surface area contributed by atoms with Gasteiger partial charge in [0, 0.05) is 5.56 Å². The number of halogens is 1. The van der Waals surface area contributed by atoms with E-state index in [1.807, 2.05) is 13.0 Å². The molecule has 1 aromatic carbocycles. The molecule has 0 aliphatic heterocycles. The average molecular weight is 192 g/mol. The summed E-state index contributed by atoms with van der Waals surface area (Å²) in [5.41, 5.74) is 0.400. The fourth-order valence-corrected chi connectivity index (χ4v) is 1.10. The highest BCUT2D eigenvalue weighted by molar-refractivity contribution is 6.04. The topological polar surface area (TPSA) is 17.1 Å². The highest BCUT2D eigenvalue weighted by Gasteiger charge is 2.01. The van der Waals surface area contributed by atoms with Gasteiger partial charge >= 0.3 is 0 Å². The molecule has 0 aliphatic rings. The maximum Gasteiger partial charge on any atom is 0.185 e. The largest absolute Gasteiger partial charge is 0.289 e. The smallest absolute Gasteiger partial charge is 0.185 e. The molecule has 0 heterocycles. The van der Waals surface area contributed by atoms with E-state index in [4.69, 9.17) is 0 Å². The summed E-state index contributed by atoms with van der Waals surface area (Å²) in [4.78, 5) is 11.4. The molecule has 0 saturated carbocycles. The first-order valence-corrected chi connectivity index (χ1v) is 4.70. The van der Waals surface area contributed by atoms with Crippen LogP contribution in [-0.4, -0.2) is 5.78 Å². The Hall–Kier alpha value is -1.44. The molecule has 0 fully saturated rings. The number of carbonyl (C=O) groups excluding carboxylic acids is 1. The lowest BCUT2D eigenvalue weighted by Crippen LogP contribution is -1.94. The minimum atomic E-state index is -0.375. The lowest BCUT2D eigenvalue weighted by molar-refractivity contribution is 0.104. The van der Waals surface area contributed by atoms with E-state index in [9.17, 15) is 9.18 Å². The Morgan fingerprint density at radius 3 is 2.93 bits per heavy atom. The predicted molar refractivity (Wildman–Crippen MR) is 54.8 cm³/mol. The quantitative estimate of drug-likeness (QED) is 0.528. The first kappa shape index (κ1) is 10.6. The molecule has 0 unspecified atom stereocenters. The van der Waals surface area contributed by atoms with Crippen LogP contribution in [0, 0.1) is 5.82 Å². The second-order valence-corrected chi connectivity index (χ2v) is 3.07. The van der Waals surface area contributed by atoms with Crippen LogP contribution in [0.15, 0.2) is 36.4 Å². The fourth-order valence-electron chi connectivity index (χ4n) is 1.10. The number of allylic oxidation sites excluding steroid dienone is 2. The van der Waals surface area contributed by atoms with Gasteiger partial charge in [-0.05, 0) is 24.6 Å². The standard InChI is InChI=1S/C12H13FO/c1-2-3-4-8-12(14)10-6-5-7-11(13)9-10/h4-9H,2-3H2,1H3/b8-4+. The maximum absolute atomic E-state index is 12.7. The van der Waals surface area contributed by atoms with E-state index in [0.717, 1.165) is 12.8 Å². The summed E-state index contributed by atoms with van der Waals surface area (Å²) in [5, 5.41) is 0. The Kier molecular flexibility index (Phi) is 4.05. The van der Waals surface area contributed by atoms with E-state index in [1.165, 1.54) is 24.3 Å². The zero-order valence-electron chi connectivity index (χ0n) is 8.16. The van der Waals surface area contributed by atoms with Gasteiger partial charge < -0.3 is 0 Å². The van der Waals surface area contributed by atoms with Gasteiger partial charge in [0.05, 0.1) is 0 Å². The Labute approximate surface area is 83.3 Å². The molecular weight excluding hydrogens is 179 g/mol. The van der Waals surface area contributed by atoms with Crippen molar-refractivity contribution < 1.29 is 9.18 Å². The van der Waals surface area contributed by atoms with E-state index in [0.29, 0.717) is 5.56 Å². The molecule has 0 atom stereocenters. The molecule has 0 aliphatic carbocycles. The third-order valence-corrected chi connectivity index (χ3v) is 1.83. The van der Waals surface area contributed by atoms with Crippen molar-refractivity contribution in [2.45, 2.75) is 19.8 Å². The van der Waals surface area contributed by atoms with Crippen molar-refractivity contribution in [3.63, 3.8) is 0 Å². The normalized spacial score (nSPS) is 10.7. The monoisotopic (exact) mass is 192 g/mol. The van der Waals surface area contributed by atoms with Crippen LogP contribution in [-0.2, 0) is 0 Å². The van der Waals surface area contributed by atoms with Gasteiger partial charge in [-0.3, -0.25) is 4.79 Å². The highest BCUT2D eigenvalue weighted by atomic mass is 19.1. The predicted octanol–water partition coefficient (Wildman–Crippen LogP) is 3.36. The Morgan fingerprint density at radius 1 is 1.50 bits per heavy atom. The van der Waals surface area contributed by atoms with Crippen molar-refractivity contribution in [2.24, 2.45) is 0 Å². The van der Waals surface area contributed by atoms with Crippen LogP contribution < -0.4 is 0 Å². The van der Waals surface area contributed by atoms with Gasteiger partial charge in [-0.25, -0.2) is 4.39 Å². The molecule has 0 spiro atoms. The Bertz CT molecular complexity index is 342. The summed E-state index contributed by atoms with van der Waals surface area (Å²) in [6, 6.07) is 5.73. The van der Waals surface area contributed by atoms with Gasteiger partial charge in [-0.1, -0.05) is 31.6 Å². The lowest BCUT2D eigenvalue weighted by atomic mass is 10.1. The molecule has 0 amide bonds. The summed E-state index contributed by atoms with van der Waals surface area (Å²) >= 11 is 0. The molecule has 0 radical (unpaired) electrons. The van der Waals surface area contributed by atoms with Crippen LogP contribution in [0.5, 0.6) is 0 Å². The molecule has 0 N–H and O–H groups in total. The first-order valence-electron chi connectivity index (χ1n) is 4.70. The number of rotatable bonds is 4. The molecule has 74 valence electrons. The van der Waals surface area contributed by atoms with E-state index in [2.05, 4.69) is 0 Å². The van der Waals surface area contributed by atoms with Crippen LogP contribution in [0.3, 0.4) is 0 Å². The van der Waals surface area contributed by atoms with Crippen LogP contribution >= 0.6 is 0 Å². The van der Waals surface area contributed by atoms with Gasteiger partial charge in [-0.15, -0.1) is 0 Å². The van der Waals surface area contributed by atoms with Crippen molar-refractivity contribution in [2.75, 3.05) is 0 Å². The number of carbonyl (C=O) groups is 1. The summed E-state index contributed by atoms with van der Waals surface area (Å²) in [7, 11) is 0. The van der Waals surface area contributed by atoms with Crippen molar-refractivity contribution in [3.05, 3.63) is 47.8 Å². The third-order valence-electron chi connectivity index (χ3n) is 1.83. The Balaban J connectivity index is 2.70. The average Bonchev–Trinajstić information content (AvgIpc) is 2.18. The van der Waals surface area contributed by atoms with Crippen molar-refractivity contribution >= 4 is 5.78 Å². The molecule has 0 bridgehead atoms. The molecular formula is C12H13FO. The third kappa shape index (κ3) is 3.13. The van der Waals surface area contributed by atoms with E-state index < -0.39 is 0 Å². The van der Waals surface area contributed by atoms with Crippen LogP contribution in [0.25, 0.3) is 0 Å². The molecule has 2 heteroatoms. The molecule has 1 aromatic rings. The maximum atomic E-state index is 12.7. The van der Waals surface area contributed by atoms with Crippen molar-refractivity contribution in [1.29, 1.82) is 0 Å². The van der Waals surface area contributed by atoms with Crippen molar-refractivity contribution in [1.82, 2.24) is 0 Å².